The predicted molar refractivity (Wildman–Crippen MR) is 113 cm³/mol. The van der Waals surface area contributed by atoms with E-state index in [1.54, 1.807) is 4.90 Å². The van der Waals surface area contributed by atoms with Gasteiger partial charge in [-0.3, -0.25) is 20.1 Å². The number of nitrogens with one attached hydrogen (secondary N) is 1. The highest BCUT2D eigenvalue weighted by molar-refractivity contribution is 6.02. The quantitative estimate of drug-likeness (QED) is 0.823. The molecule has 1 aromatic rings. The summed E-state index contributed by atoms with van der Waals surface area (Å²) in [5.74, 6) is 2.22. The Morgan fingerprint density at radius 2 is 2.07 bits per heavy atom. The predicted octanol–water partition coefficient (Wildman–Crippen LogP) is 2.13. The summed E-state index contributed by atoms with van der Waals surface area (Å²) in [6.07, 6.45) is 4.05. The molecule has 0 aromatic carbocycles. The number of urea groups is 1. The van der Waals surface area contributed by atoms with Crippen LogP contribution in [0, 0.1) is 18.8 Å². The SMILES string of the molecule is Cc1cccc(CN2CC(C)C(C3=NC4=CN(C5CCOCC5)CN4C(=O)N3)C2)n1. The summed E-state index contributed by atoms with van der Waals surface area (Å²) in [6, 6.07) is 6.52. The first kappa shape index (κ1) is 19.5. The van der Waals surface area contributed by atoms with Crippen molar-refractivity contribution in [3.8, 4) is 0 Å². The lowest BCUT2D eigenvalue weighted by Gasteiger charge is -2.32. The van der Waals surface area contributed by atoms with Crippen molar-refractivity contribution in [3.05, 3.63) is 41.6 Å². The number of carbonyl (C=O) groups is 1. The monoisotopic (exact) mass is 410 g/mol. The lowest BCUT2D eigenvalue weighted by molar-refractivity contribution is 0.0459. The summed E-state index contributed by atoms with van der Waals surface area (Å²) in [5.41, 5.74) is 2.14. The minimum Gasteiger partial charge on any atom is -0.381 e. The highest BCUT2D eigenvalue weighted by Crippen LogP contribution is 2.30. The van der Waals surface area contributed by atoms with Crippen molar-refractivity contribution in [2.75, 3.05) is 33.0 Å². The molecule has 30 heavy (non-hydrogen) atoms. The van der Waals surface area contributed by atoms with E-state index in [1.165, 1.54) is 0 Å². The van der Waals surface area contributed by atoms with Crippen LogP contribution >= 0.6 is 0 Å². The van der Waals surface area contributed by atoms with E-state index >= 15 is 0 Å². The number of nitrogens with zero attached hydrogens (tertiary/aromatic N) is 5. The van der Waals surface area contributed by atoms with E-state index in [2.05, 4.69) is 45.4 Å². The molecular weight excluding hydrogens is 380 g/mol. The van der Waals surface area contributed by atoms with Gasteiger partial charge in [-0.25, -0.2) is 9.79 Å². The summed E-state index contributed by atoms with van der Waals surface area (Å²) in [6.45, 7) is 9.11. The molecule has 4 aliphatic rings. The van der Waals surface area contributed by atoms with E-state index in [0.717, 1.165) is 68.7 Å². The van der Waals surface area contributed by atoms with Crippen LogP contribution in [0.15, 0.2) is 35.2 Å². The maximum atomic E-state index is 12.8. The van der Waals surface area contributed by atoms with Gasteiger partial charge >= 0.3 is 6.03 Å². The van der Waals surface area contributed by atoms with E-state index in [0.29, 0.717) is 18.6 Å². The van der Waals surface area contributed by atoms with Crippen LogP contribution in [0.1, 0.15) is 31.2 Å². The van der Waals surface area contributed by atoms with Crippen molar-refractivity contribution in [1.82, 2.24) is 25.0 Å². The van der Waals surface area contributed by atoms with Crippen LogP contribution in [0.2, 0.25) is 0 Å². The van der Waals surface area contributed by atoms with E-state index in [1.807, 2.05) is 13.0 Å². The van der Waals surface area contributed by atoms with Crippen molar-refractivity contribution < 1.29 is 9.53 Å². The molecule has 1 N–H and O–H groups in total. The molecule has 2 amide bonds. The maximum absolute atomic E-state index is 12.8. The molecule has 4 aliphatic heterocycles. The van der Waals surface area contributed by atoms with E-state index < -0.39 is 0 Å². The number of aromatic nitrogens is 1. The van der Waals surface area contributed by atoms with Crippen molar-refractivity contribution in [3.63, 3.8) is 0 Å². The maximum Gasteiger partial charge on any atom is 0.329 e. The van der Waals surface area contributed by atoms with E-state index in [9.17, 15) is 4.79 Å². The van der Waals surface area contributed by atoms with Gasteiger partial charge in [-0.15, -0.1) is 0 Å². The molecule has 2 atom stereocenters. The zero-order valence-electron chi connectivity index (χ0n) is 17.8. The number of carbonyl (C=O) groups excluding carboxylic acids is 1. The van der Waals surface area contributed by atoms with Crippen LogP contribution in [0.3, 0.4) is 0 Å². The normalized spacial score (nSPS) is 27.7. The Morgan fingerprint density at radius 1 is 1.23 bits per heavy atom. The second-order valence-electron chi connectivity index (χ2n) is 8.89. The Bertz CT molecular complexity index is 878. The molecule has 0 bridgehead atoms. The fraction of sp³-hybridized carbons (Fsp3) is 0.591. The molecule has 0 saturated carbocycles. The van der Waals surface area contributed by atoms with Gasteiger partial charge in [0.25, 0.3) is 0 Å². The molecule has 5 rings (SSSR count). The Morgan fingerprint density at radius 3 is 2.87 bits per heavy atom. The lowest BCUT2D eigenvalue weighted by Crippen LogP contribution is -2.50. The summed E-state index contributed by atoms with van der Waals surface area (Å²) < 4.78 is 5.48. The van der Waals surface area contributed by atoms with Gasteiger partial charge in [-0.1, -0.05) is 13.0 Å². The molecular formula is C22H30N6O2. The van der Waals surface area contributed by atoms with Crippen molar-refractivity contribution >= 4 is 11.9 Å². The zero-order chi connectivity index (χ0) is 20.7. The van der Waals surface area contributed by atoms with Crippen LogP contribution in [0.4, 0.5) is 4.79 Å². The summed E-state index contributed by atoms with van der Waals surface area (Å²) in [7, 11) is 0. The molecule has 1 aromatic heterocycles. The highest BCUT2D eigenvalue weighted by Gasteiger charge is 2.40. The number of ether oxygens (including phenoxy) is 1. The first-order valence-electron chi connectivity index (χ1n) is 10.9. The van der Waals surface area contributed by atoms with Crippen molar-refractivity contribution in [2.45, 2.75) is 39.3 Å². The number of hydrogen-bond acceptors (Lipinski definition) is 6. The molecule has 160 valence electrons. The number of hydrogen-bond donors (Lipinski definition) is 1. The van der Waals surface area contributed by atoms with E-state index in [4.69, 9.17) is 9.73 Å². The first-order chi connectivity index (χ1) is 14.6. The van der Waals surface area contributed by atoms with Gasteiger partial charge in [-0.2, -0.15) is 0 Å². The molecule has 0 radical (unpaired) electrons. The van der Waals surface area contributed by atoms with Crippen LogP contribution < -0.4 is 5.32 Å². The summed E-state index contributed by atoms with van der Waals surface area (Å²) in [5, 5.41) is 3.08. The summed E-state index contributed by atoms with van der Waals surface area (Å²) in [4.78, 5) is 28.7. The third-order valence-electron chi connectivity index (χ3n) is 6.61. The van der Waals surface area contributed by atoms with Gasteiger partial charge in [0.1, 0.15) is 12.5 Å². The first-order valence-corrected chi connectivity index (χ1v) is 10.9. The van der Waals surface area contributed by atoms with Crippen LogP contribution in [-0.2, 0) is 11.3 Å². The standard InChI is InChI=1S/C22H30N6O2/c1-15-10-26(11-17-5-3-4-16(2)23-17)12-19(15)21-24-20-13-27(14-28(20)22(29)25-21)18-6-8-30-9-7-18/h3-5,13,15,18-19H,6-12,14H2,1-2H3,(H,24,25,29). The number of rotatable bonds is 4. The molecule has 8 heteroatoms. The lowest BCUT2D eigenvalue weighted by atomic mass is 9.96. The average molecular weight is 411 g/mol. The van der Waals surface area contributed by atoms with Gasteiger partial charge in [0.2, 0.25) is 0 Å². The van der Waals surface area contributed by atoms with E-state index in [-0.39, 0.29) is 11.9 Å². The Hall–Kier alpha value is -2.45. The van der Waals surface area contributed by atoms with Gasteiger partial charge in [-0.05, 0) is 37.8 Å². The molecule has 2 fully saturated rings. The number of aliphatic imine (C=N–C) groups is 1. The Balaban J connectivity index is 1.29. The third kappa shape index (κ3) is 3.81. The van der Waals surface area contributed by atoms with Gasteiger partial charge < -0.3 is 9.64 Å². The number of pyridine rings is 1. The number of fused-ring (bicyclic) bond motifs is 1. The van der Waals surface area contributed by atoms with Crippen molar-refractivity contribution in [1.29, 1.82) is 0 Å². The summed E-state index contributed by atoms with van der Waals surface area (Å²) >= 11 is 0. The number of amidine groups is 1. The van der Waals surface area contributed by atoms with Crippen LogP contribution in [-0.4, -0.2) is 70.6 Å². The van der Waals surface area contributed by atoms with Gasteiger partial charge in [0, 0.05) is 56.7 Å². The topological polar surface area (TPSA) is 73.3 Å². The molecule has 0 spiro atoms. The Kier molecular flexibility index (Phi) is 5.20. The second kappa shape index (κ2) is 8.00. The van der Waals surface area contributed by atoms with Gasteiger partial charge in [0.05, 0.1) is 5.69 Å². The fourth-order valence-corrected chi connectivity index (χ4v) is 4.96. The highest BCUT2D eigenvalue weighted by atomic mass is 16.5. The average Bonchev–Trinajstić information content (AvgIpc) is 3.32. The minimum absolute atomic E-state index is 0.0631. The van der Waals surface area contributed by atoms with Gasteiger partial charge in [0.15, 0.2) is 5.82 Å². The molecule has 2 saturated heterocycles. The molecule has 0 aliphatic carbocycles. The second-order valence-corrected chi connectivity index (χ2v) is 8.89. The molecule has 2 unspecified atom stereocenters. The minimum atomic E-state index is -0.0631. The fourth-order valence-electron chi connectivity index (χ4n) is 4.96. The molecule has 5 heterocycles. The van der Waals surface area contributed by atoms with Crippen LogP contribution in [0.25, 0.3) is 0 Å². The largest absolute Gasteiger partial charge is 0.381 e. The number of likely N-dealkylation sites (tertiary alicyclic amines) is 1. The smallest absolute Gasteiger partial charge is 0.329 e. The number of aryl methyl sites for hydroxylation is 1. The van der Waals surface area contributed by atoms with Crippen molar-refractivity contribution in [2.24, 2.45) is 16.8 Å². The molecule has 8 nitrogen and oxygen atoms in total. The zero-order valence-corrected chi connectivity index (χ0v) is 17.8. The third-order valence-corrected chi connectivity index (χ3v) is 6.61. The Labute approximate surface area is 177 Å². The number of amides is 2. The van der Waals surface area contributed by atoms with Crippen LogP contribution in [0.5, 0.6) is 0 Å².